The van der Waals surface area contributed by atoms with Gasteiger partial charge in [0.15, 0.2) is 0 Å². The lowest BCUT2D eigenvalue weighted by atomic mass is 9.90. The van der Waals surface area contributed by atoms with E-state index in [2.05, 4.69) is 40.6 Å². The van der Waals surface area contributed by atoms with Crippen LogP contribution in [0.2, 0.25) is 0 Å². The summed E-state index contributed by atoms with van der Waals surface area (Å²) >= 11 is 0. The Morgan fingerprint density at radius 3 is 2.42 bits per heavy atom. The van der Waals surface area contributed by atoms with Crippen LogP contribution in [-0.2, 0) is 4.74 Å². The number of ether oxygens (including phenoxy) is 1. The second-order valence-electron chi connectivity index (χ2n) is 7.31. The van der Waals surface area contributed by atoms with Gasteiger partial charge in [-0.25, -0.2) is 4.79 Å². The van der Waals surface area contributed by atoms with Crippen LogP contribution in [0, 0.1) is 0 Å². The van der Waals surface area contributed by atoms with Crippen LogP contribution in [0.3, 0.4) is 0 Å². The number of benzene rings is 2. The summed E-state index contributed by atoms with van der Waals surface area (Å²) in [5.74, 6) is -0.340. The van der Waals surface area contributed by atoms with E-state index in [1.165, 1.54) is 37.7 Å². The number of aromatic nitrogens is 1. The summed E-state index contributed by atoms with van der Waals surface area (Å²) in [4.78, 5) is 27.1. The maximum Gasteiger partial charge on any atom is 0.341 e. The number of anilines is 1. The molecule has 1 aromatic heterocycles. The number of primary amides is 1. The van der Waals surface area contributed by atoms with Gasteiger partial charge < -0.3 is 21.5 Å². The monoisotopic (exact) mass is 420 g/mol. The van der Waals surface area contributed by atoms with Crippen LogP contribution in [-0.4, -0.2) is 36.6 Å². The first kappa shape index (κ1) is 22.2. The van der Waals surface area contributed by atoms with E-state index in [-0.39, 0.29) is 23.4 Å². The third-order valence-electron chi connectivity index (χ3n) is 5.31. The summed E-state index contributed by atoms with van der Waals surface area (Å²) in [7, 11) is 0. The smallest absolute Gasteiger partial charge is 0.341 e. The van der Waals surface area contributed by atoms with Crippen molar-refractivity contribution in [3.05, 3.63) is 71.4 Å². The number of amides is 1. The maximum atomic E-state index is 11.7. The Labute approximate surface area is 181 Å². The summed E-state index contributed by atoms with van der Waals surface area (Å²) < 4.78 is 4.88. The van der Waals surface area contributed by atoms with Crippen molar-refractivity contribution in [3.63, 3.8) is 0 Å². The van der Waals surface area contributed by atoms with Gasteiger partial charge in [0.2, 0.25) is 0 Å². The molecule has 0 unspecified atom stereocenters. The molecule has 31 heavy (non-hydrogen) atoms. The second-order valence-corrected chi connectivity index (χ2v) is 7.31. The Kier molecular flexibility index (Phi) is 7.56. The van der Waals surface area contributed by atoms with E-state index in [0.29, 0.717) is 10.9 Å². The van der Waals surface area contributed by atoms with Crippen LogP contribution in [0.5, 0.6) is 0 Å². The van der Waals surface area contributed by atoms with E-state index in [4.69, 9.17) is 16.2 Å². The quantitative estimate of drug-likeness (QED) is 0.557. The number of nitrogens with zero attached hydrogens (tertiary/aromatic N) is 1. The molecule has 4 rings (SSSR count). The van der Waals surface area contributed by atoms with Gasteiger partial charge in [-0.05, 0) is 50.4 Å². The van der Waals surface area contributed by atoms with Crippen molar-refractivity contribution in [2.45, 2.75) is 25.7 Å². The lowest BCUT2D eigenvalue weighted by molar-refractivity contribution is 0.0527. The zero-order valence-electron chi connectivity index (χ0n) is 17.6. The summed E-state index contributed by atoms with van der Waals surface area (Å²) in [5, 5.41) is 3.89. The predicted octanol–water partition coefficient (Wildman–Crippen LogP) is 3.25. The van der Waals surface area contributed by atoms with E-state index >= 15 is 0 Å². The van der Waals surface area contributed by atoms with E-state index in [9.17, 15) is 9.59 Å². The summed E-state index contributed by atoms with van der Waals surface area (Å²) in [6.07, 6.45) is 3.89. The summed E-state index contributed by atoms with van der Waals surface area (Å²) in [5.41, 5.74) is 13.7. The number of piperidine rings is 1. The lowest BCUT2D eigenvalue weighted by Gasteiger charge is -2.22. The Morgan fingerprint density at radius 2 is 1.77 bits per heavy atom. The number of hydrogen-bond donors (Lipinski definition) is 3. The van der Waals surface area contributed by atoms with Crippen LogP contribution < -0.4 is 16.8 Å². The van der Waals surface area contributed by atoms with Crippen LogP contribution >= 0.6 is 0 Å². The fourth-order valence-corrected chi connectivity index (χ4v) is 3.69. The van der Waals surface area contributed by atoms with Crippen LogP contribution in [0.25, 0.3) is 10.9 Å². The van der Waals surface area contributed by atoms with Gasteiger partial charge in [0.25, 0.3) is 5.91 Å². The molecule has 3 aromatic rings. The molecule has 7 heteroatoms. The second kappa shape index (κ2) is 10.5. The molecule has 0 radical (unpaired) electrons. The molecule has 0 bridgehead atoms. The van der Waals surface area contributed by atoms with Crippen molar-refractivity contribution in [2.24, 2.45) is 5.73 Å². The van der Waals surface area contributed by atoms with Gasteiger partial charge in [-0.2, -0.15) is 0 Å². The Morgan fingerprint density at radius 1 is 1.06 bits per heavy atom. The fraction of sp³-hybridized carbons (Fsp3) is 0.292. The number of hydrogen-bond acceptors (Lipinski definition) is 6. The van der Waals surface area contributed by atoms with Crippen molar-refractivity contribution >= 4 is 28.5 Å². The number of para-hydroxylation sites is 1. The first-order valence-electron chi connectivity index (χ1n) is 10.4. The molecule has 1 aliphatic rings. The Hall–Kier alpha value is -3.45. The van der Waals surface area contributed by atoms with Gasteiger partial charge in [-0.1, -0.05) is 42.5 Å². The van der Waals surface area contributed by atoms with Crippen molar-refractivity contribution in [2.75, 3.05) is 25.4 Å². The minimum Gasteiger partial charge on any atom is -0.462 e. The third kappa shape index (κ3) is 5.38. The minimum atomic E-state index is -0.596. The molecule has 1 aliphatic heterocycles. The number of rotatable bonds is 4. The molecule has 0 spiro atoms. The highest BCUT2D eigenvalue weighted by molar-refractivity contribution is 6.10. The van der Waals surface area contributed by atoms with Crippen molar-refractivity contribution in [3.8, 4) is 0 Å². The summed E-state index contributed by atoms with van der Waals surface area (Å²) in [6, 6.07) is 15.7. The average molecular weight is 421 g/mol. The van der Waals surface area contributed by atoms with E-state index < -0.39 is 11.9 Å². The van der Waals surface area contributed by atoms with Crippen molar-refractivity contribution < 1.29 is 14.3 Å². The zero-order valence-corrected chi connectivity index (χ0v) is 17.6. The molecule has 1 fully saturated rings. The highest BCUT2D eigenvalue weighted by Crippen LogP contribution is 2.26. The number of pyridine rings is 1. The van der Waals surface area contributed by atoms with Crippen molar-refractivity contribution in [1.82, 2.24) is 10.3 Å². The number of fused-ring (bicyclic) bond motifs is 1. The normalized spacial score (nSPS) is 13.8. The maximum absolute atomic E-state index is 11.7. The number of nitrogen functional groups attached to an aromatic ring is 1. The highest BCUT2D eigenvalue weighted by Gasteiger charge is 2.17. The van der Waals surface area contributed by atoms with E-state index in [1.807, 2.05) is 0 Å². The third-order valence-corrected chi connectivity index (χ3v) is 5.31. The topological polar surface area (TPSA) is 120 Å². The molecule has 162 valence electrons. The van der Waals surface area contributed by atoms with E-state index in [1.54, 1.807) is 25.1 Å². The molecule has 0 saturated carbocycles. The molecule has 7 nitrogen and oxygen atoms in total. The molecule has 2 heterocycles. The standard InChI is InChI=1S/C13H13N3O3.C11H15N/c1-2-19-13(18)9-6-16-11-7(10(9)14)4-3-5-8(11)12(15)17;1-2-4-10(5-3-1)11-6-8-12-9-7-11/h3-6H,2H2,1H3,(H2,14,16)(H2,15,17);1-5,11-12H,6-9H2. The summed E-state index contributed by atoms with van der Waals surface area (Å²) in [6.45, 7) is 4.31. The van der Waals surface area contributed by atoms with Crippen molar-refractivity contribution in [1.29, 1.82) is 0 Å². The minimum absolute atomic E-state index is 0.177. The lowest BCUT2D eigenvalue weighted by Crippen LogP contribution is -2.26. The molecular formula is C24H28N4O3. The van der Waals surface area contributed by atoms with Crippen LogP contribution in [0.1, 0.15) is 52.0 Å². The van der Waals surface area contributed by atoms with Gasteiger partial charge in [0.05, 0.1) is 23.4 Å². The molecule has 2 aromatic carbocycles. The van der Waals surface area contributed by atoms with Gasteiger partial charge in [-0.15, -0.1) is 0 Å². The zero-order chi connectivity index (χ0) is 22.2. The van der Waals surface area contributed by atoms with Gasteiger partial charge >= 0.3 is 5.97 Å². The molecule has 1 saturated heterocycles. The SMILES string of the molecule is CCOC(=O)c1cnc2c(C(N)=O)cccc2c1N.c1ccc(C2CCNCC2)cc1. The Bertz CT molecular complexity index is 1050. The first-order valence-corrected chi connectivity index (χ1v) is 10.4. The highest BCUT2D eigenvalue weighted by atomic mass is 16.5. The number of carbonyl (C=O) groups excluding carboxylic acids is 2. The number of nitrogens with one attached hydrogen (secondary N) is 1. The number of esters is 1. The molecule has 5 N–H and O–H groups in total. The average Bonchev–Trinajstić information content (AvgIpc) is 2.81. The van der Waals surface area contributed by atoms with Crippen LogP contribution in [0.15, 0.2) is 54.7 Å². The predicted molar refractivity (Wildman–Crippen MR) is 122 cm³/mol. The van der Waals surface area contributed by atoms with Gasteiger partial charge in [-0.3, -0.25) is 9.78 Å². The first-order chi connectivity index (χ1) is 15.0. The van der Waals surface area contributed by atoms with Crippen LogP contribution in [0.4, 0.5) is 5.69 Å². The largest absolute Gasteiger partial charge is 0.462 e. The number of nitrogens with two attached hydrogens (primary N) is 2. The van der Waals surface area contributed by atoms with Gasteiger partial charge in [0, 0.05) is 11.6 Å². The molecule has 1 amide bonds. The number of carbonyl (C=O) groups is 2. The molecular weight excluding hydrogens is 392 g/mol. The van der Waals surface area contributed by atoms with E-state index in [0.717, 1.165) is 5.92 Å². The fourth-order valence-electron chi connectivity index (χ4n) is 3.69. The Balaban J connectivity index is 0.000000194. The van der Waals surface area contributed by atoms with Gasteiger partial charge in [0.1, 0.15) is 5.56 Å². The molecule has 0 aliphatic carbocycles. The molecule has 0 atom stereocenters.